The van der Waals surface area contributed by atoms with Crippen LogP contribution in [0.2, 0.25) is 0 Å². The maximum Gasteiger partial charge on any atom is -0.0221 e. The van der Waals surface area contributed by atoms with Gasteiger partial charge < -0.3 is 0 Å². The second-order valence-corrected chi connectivity index (χ2v) is 17.6. The summed E-state index contributed by atoms with van der Waals surface area (Å²) in [6, 6.07) is 0. The van der Waals surface area contributed by atoms with E-state index in [1.807, 2.05) is 0 Å². The van der Waals surface area contributed by atoms with E-state index in [2.05, 4.69) is 111 Å². The third kappa shape index (κ3) is 12.9. The second kappa shape index (κ2) is 22.5. The van der Waals surface area contributed by atoms with E-state index in [1.54, 1.807) is 0 Å². The molecule has 0 aliphatic rings. The molecule has 268 valence electrons. The zero-order chi connectivity index (χ0) is 34.6. The first-order valence-electron chi connectivity index (χ1n) is 20.5. The molecule has 4 unspecified atom stereocenters. The van der Waals surface area contributed by atoms with Gasteiger partial charge in [-0.25, -0.2) is 0 Å². The van der Waals surface area contributed by atoms with Gasteiger partial charge in [-0.1, -0.05) is 214 Å². The van der Waals surface area contributed by atoms with Gasteiger partial charge in [0.05, 0.1) is 0 Å². The lowest BCUT2D eigenvalue weighted by molar-refractivity contribution is -0.0712. The largest absolute Gasteiger partial charge is 0.0654 e. The maximum absolute atomic E-state index is 2.64. The molecule has 0 bridgehead atoms. The highest BCUT2D eigenvalue weighted by Crippen LogP contribution is 2.61. The molecule has 0 saturated carbocycles. The molecule has 0 radical (unpaired) electrons. The van der Waals surface area contributed by atoms with Crippen molar-refractivity contribution in [2.45, 2.75) is 252 Å². The Morgan fingerprint density at radius 2 is 0.523 bits per heavy atom. The first kappa shape index (κ1) is 46.1. The lowest BCUT2D eigenvalue weighted by atomic mass is 9.48. The van der Waals surface area contributed by atoms with Gasteiger partial charge in [-0.15, -0.1) is 0 Å². The molecule has 0 aromatic carbocycles. The van der Waals surface area contributed by atoms with Crippen LogP contribution in [-0.2, 0) is 0 Å². The van der Waals surface area contributed by atoms with Crippen molar-refractivity contribution in [2.75, 3.05) is 0 Å². The van der Waals surface area contributed by atoms with Crippen LogP contribution in [0.25, 0.3) is 0 Å². The van der Waals surface area contributed by atoms with Crippen molar-refractivity contribution in [3.63, 3.8) is 0 Å². The lowest BCUT2D eigenvalue weighted by Crippen LogP contribution is -2.48. The van der Waals surface area contributed by atoms with Crippen molar-refractivity contribution in [1.82, 2.24) is 0 Å². The SMILES string of the molecule is CCCCCC(C)(C(C)(C)CCCC)C(C)(CC)CCCC.CCCCCC(C)(C(C)(C)CCCC)C(C)(CC)CCCC. The van der Waals surface area contributed by atoms with Crippen LogP contribution >= 0.6 is 0 Å². The van der Waals surface area contributed by atoms with Gasteiger partial charge in [0.1, 0.15) is 0 Å². The van der Waals surface area contributed by atoms with Crippen LogP contribution < -0.4 is 0 Å². The number of unbranched alkanes of at least 4 members (excludes halogenated alkanes) is 8. The summed E-state index contributed by atoms with van der Waals surface area (Å²) in [5, 5.41) is 0. The van der Waals surface area contributed by atoms with Crippen LogP contribution in [0.5, 0.6) is 0 Å². The molecule has 0 heterocycles. The molecule has 0 aliphatic carbocycles. The Morgan fingerprint density at radius 3 is 0.750 bits per heavy atom. The average molecular weight is 621 g/mol. The molecule has 44 heavy (non-hydrogen) atoms. The Kier molecular flexibility index (Phi) is 23.6. The van der Waals surface area contributed by atoms with Gasteiger partial charge in [-0.3, -0.25) is 0 Å². The molecule has 0 aliphatic heterocycles. The molecule has 0 rings (SSSR count). The van der Waals surface area contributed by atoms with E-state index in [1.165, 1.54) is 141 Å². The minimum absolute atomic E-state index is 0.440. The standard InChI is InChI=1S/2C22H46/c2*1-9-13-16-19-22(8,20(5,6)17-14-10-2)21(7,12-4)18-15-11-3/h2*9-19H2,1-8H3. The predicted octanol–water partition coefficient (Wildman–Crippen LogP) is 16.8. The van der Waals surface area contributed by atoms with Gasteiger partial charge in [-0.05, 0) is 71.0 Å². The summed E-state index contributed by atoms with van der Waals surface area (Å²) in [5.74, 6) is 0. The minimum Gasteiger partial charge on any atom is -0.0654 e. The maximum atomic E-state index is 2.64. The first-order chi connectivity index (χ1) is 20.5. The van der Waals surface area contributed by atoms with Crippen molar-refractivity contribution in [3.05, 3.63) is 0 Å². The highest BCUT2D eigenvalue weighted by Gasteiger charge is 2.52. The quantitative estimate of drug-likeness (QED) is 0.0844. The summed E-state index contributed by atoms with van der Waals surface area (Å²) in [6.07, 6.45) is 30.2. The summed E-state index contributed by atoms with van der Waals surface area (Å²) in [4.78, 5) is 0. The topological polar surface area (TPSA) is 0 Å². The fourth-order valence-corrected chi connectivity index (χ4v) is 8.98. The van der Waals surface area contributed by atoms with Gasteiger partial charge in [0, 0.05) is 0 Å². The third-order valence-electron chi connectivity index (χ3n) is 14.2. The summed E-state index contributed by atoms with van der Waals surface area (Å²) in [7, 11) is 0. The fourth-order valence-electron chi connectivity index (χ4n) is 8.98. The van der Waals surface area contributed by atoms with Gasteiger partial charge >= 0.3 is 0 Å². The van der Waals surface area contributed by atoms with Gasteiger partial charge in [0.15, 0.2) is 0 Å². The van der Waals surface area contributed by atoms with Gasteiger partial charge in [0.2, 0.25) is 0 Å². The molecule has 0 fully saturated rings. The number of hydrogen-bond donors (Lipinski definition) is 0. The van der Waals surface area contributed by atoms with E-state index in [0.717, 1.165) is 0 Å². The summed E-state index contributed by atoms with van der Waals surface area (Å²) in [5.41, 5.74) is 2.75. The van der Waals surface area contributed by atoms with Crippen molar-refractivity contribution < 1.29 is 0 Å². The van der Waals surface area contributed by atoms with Crippen LogP contribution in [-0.4, -0.2) is 0 Å². The molecule has 0 heteroatoms. The van der Waals surface area contributed by atoms with Crippen LogP contribution in [0.1, 0.15) is 252 Å². The van der Waals surface area contributed by atoms with Gasteiger partial charge in [0.25, 0.3) is 0 Å². The smallest absolute Gasteiger partial charge is 0.0221 e. The Hall–Kier alpha value is 0. The molecule has 0 spiro atoms. The van der Waals surface area contributed by atoms with E-state index in [9.17, 15) is 0 Å². The lowest BCUT2D eigenvalue weighted by Gasteiger charge is -2.57. The van der Waals surface area contributed by atoms with Crippen LogP contribution in [0.4, 0.5) is 0 Å². The molecular formula is C44H92. The highest BCUT2D eigenvalue weighted by atomic mass is 14.6. The monoisotopic (exact) mass is 621 g/mol. The van der Waals surface area contributed by atoms with Crippen molar-refractivity contribution in [2.24, 2.45) is 32.5 Å². The molecule has 0 aromatic heterocycles. The van der Waals surface area contributed by atoms with Crippen molar-refractivity contribution >= 4 is 0 Å². The molecule has 0 saturated heterocycles. The zero-order valence-corrected chi connectivity index (χ0v) is 34.6. The van der Waals surface area contributed by atoms with Crippen LogP contribution in [0.15, 0.2) is 0 Å². The average Bonchev–Trinajstić information content (AvgIpc) is 3.00. The summed E-state index contributed by atoms with van der Waals surface area (Å²) < 4.78 is 0. The Bertz CT molecular complexity index is 614. The second-order valence-electron chi connectivity index (χ2n) is 17.6. The normalized spacial score (nSPS) is 18.0. The third-order valence-corrected chi connectivity index (χ3v) is 14.2. The number of rotatable bonds is 26. The molecule has 0 amide bonds. The Balaban J connectivity index is 0. The van der Waals surface area contributed by atoms with Crippen LogP contribution in [0, 0.1) is 32.5 Å². The van der Waals surface area contributed by atoms with E-state index in [0.29, 0.717) is 32.5 Å². The van der Waals surface area contributed by atoms with E-state index in [4.69, 9.17) is 0 Å². The summed E-state index contributed by atoms with van der Waals surface area (Å²) >= 11 is 0. The zero-order valence-electron chi connectivity index (χ0n) is 34.6. The molecular weight excluding hydrogens is 528 g/mol. The van der Waals surface area contributed by atoms with Crippen LogP contribution in [0.3, 0.4) is 0 Å². The van der Waals surface area contributed by atoms with E-state index in [-0.39, 0.29) is 0 Å². The predicted molar refractivity (Wildman–Crippen MR) is 207 cm³/mol. The van der Waals surface area contributed by atoms with Crippen molar-refractivity contribution in [1.29, 1.82) is 0 Å². The Labute approximate surface area is 283 Å². The Morgan fingerprint density at radius 1 is 0.273 bits per heavy atom. The minimum atomic E-state index is 0.440. The van der Waals surface area contributed by atoms with E-state index < -0.39 is 0 Å². The number of hydrogen-bond acceptors (Lipinski definition) is 0. The molecule has 4 atom stereocenters. The molecule has 0 aromatic rings. The fraction of sp³-hybridized carbons (Fsp3) is 1.00. The molecule has 0 nitrogen and oxygen atoms in total. The van der Waals surface area contributed by atoms with E-state index >= 15 is 0 Å². The van der Waals surface area contributed by atoms with Crippen molar-refractivity contribution in [3.8, 4) is 0 Å². The highest BCUT2D eigenvalue weighted by molar-refractivity contribution is 5.01. The summed E-state index contributed by atoms with van der Waals surface area (Å²) in [6.45, 7) is 39.6. The first-order valence-corrected chi connectivity index (χ1v) is 20.5. The van der Waals surface area contributed by atoms with Gasteiger partial charge in [-0.2, -0.15) is 0 Å². The molecule has 0 N–H and O–H groups in total.